The summed E-state index contributed by atoms with van der Waals surface area (Å²) >= 11 is 1.69. The third-order valence-electron chi connectivity index (χ3n) is 5.23. The fourth-order valence-electron chi connectivity index (χ4n) is 3.64. The number of nitrogens with zero attached hydrogens (tertiary/aromatic N) is 3. The number of hydrogen-bond acceptors (Lipinski definition) is 4. The molecule has 2 aromatic heterocycles. The molecule has 0 aliphatic carbocycles. The van der Waals surface area contributed by atoms with Crippen LogP contribution < -0.4 is 0 Å². The maximum atomic E-state index is 11.5. The van der Waals surface area contributed by atoms with E-state index < -0.39 is 0 Å². The lowest BCUT2D eigenvalue weighted by molar-refractivity contribution is -0.129. The van der Waals surface area contributed by atoms with E-state index in [2.05, 4.69) is 34.6 Å². The molecule has 0 N–H and O–H groups in total. The smallest absolute Gasteiger partial charge is 0.219 e. The van der Waals surface area contributed by atoms with Crippen LogP contribution in [0.15, 0.2) is 54.0 Å². The highest BCUT2D eigenvalue weighted by Crippen LogP contribution is 2.30. The van der Waals surface area contributed by atoms with Crippen LogP contribution in [0.1, 0.15) is 41.9 Å². The molecule has 0 bridgehead atoms. The van der Waals surface area contributed by atoms with Gasteiger partial charge in [0.2, 0.25) is 5.91 Å². The molecular weight excluding hydrogens is 354 g/mol. The van der Waals surface area contributed by atoms with Crippen LogP contribution in [-0.2, 0) is 11.2 Å². The number of piperidine rings is 1. The highest BCUT2D eigenvalue weighted by atomic mass is 32.1. The molecule has 1 aliphatic heterocycles. The monoisotopic (exact) mass is 377 g/mol. The minimum atomic E-state index is 0.189. The Morgan fingerprint density at radius 2 is 1.93 bits per heavy atom. The number of carbonyl (C=O) groups excluding carboxylic acids is 1. The van der Waals surface area contributed by atoms with Crippen molar-refractivity contribution in [2.45, 2.75) is 32.1 Å². The molecule has 0 radical (unpaired) electrons. The lowest BCUT2D eigenvalue weighted by Gasteiger charge is -2.31. The van der Waals surface area contributed by atoms with Gasteiger partial charge in [-0.15, -0.1) is 11.3 Å². The second-order valence-corrected chi connectivity index (χ2v) is 7.97. The molecule has 1 fully saturated rings. The zero-order valence-electron chi connectivity index (χ0n) is 15.5. The van der Waals surface area contributed by atoms with Crippen molar-refractivity contribution in [2.75, 3.05) is 13.1 Å². The van der Waals surface area contributed by atoms with Crippen LogP contribution in [0, 0.1) is 0 Å². The van der Waals surface area contributed by atoms with Gasteiger partial charge < -0.3 is 4.90 Å². The fraction of sp³-hybridized carbons (Fsp3) is 0.318. The van der Waals surface area contributed by atoms with E-state index in [1.54, 1.807) is 18.3 Å². The van der Waals surface area contributed by atoms with Crippen LogP contribution in [0.25, 0.3) is 11.3 Å². The van der Waals surface area contributed by atoms with Gasteiger partial charge in [0.15, 0.2) is 0 Å². The van der Waals surface area contributed by atoms with Crippen LogP contribution in [0.4, 0.5) is 0 Å². The normalized spacial score (nSPS) is 15.1. The van der Waals surface area contributed by atoms with Gasteiger partial charge in [-0.2, -0.15) is 0 Å². The lowest BCUT2D eigenvalue weighted by Crippen LogP contribution is -2.36. The van der Waals surface area contributed by atoms with Crippen molar-refractivity contribution in [3.05, 3.63) is 70.3 Å². The number of benzene rings is 1. The van der Waals surface area contributed by atoms with E-state index >= 15 is 0 Å². The van der Waals surface area contributed by atoms with E-state index in [1.165, 1.54) is 5.56 Å². The molecule has 0 atom stereocenters. The molecule has 4 nitrogen and oxygen atoms in total. The Labute approximate surface area is 163 Å². The number of amides is 1. The van der Waals surface area contributed by atoms with Crippen molar-refractivity contribution in [1.29, 1.82) is 0 Å². The molecule has 0 saturated carbocycles. The van der Waals surface area contributed by atoms with Crippen LogP contribution in [0.2, 0.25) is 0 Å². The van der Waals surface area contributed by atoms with E-state index in [9.17, 15) is 4.79 Å². The molecule has 0 unspecified atom stereocenters. The van der Waals surface area contributed by atoms with Gasteiger partial charge >= 0.3 is 0 Å². The second-order valence-electron chi connectivity index (χ2n) is 7.03. The Kier molecular flexibility index (Phi) is 5.30. The average Bonchev–Trinajstić information content (AvgIpc) is 3.17. The van der Waals surface area contributed by atoms with Crippen LogP contribution >= 0.6 is 11.3 Å². The van der Waals surface area contributed by atoms with Gasteiger partial charge in [0.25, 0.3) is 0 Å². The van der Waals surface area contributed by atoms with Gasteiger partial charge in [-0.1, -0.05) is 30.3 Å². The molecule has 4 rings (SSSR count). The summed E-state index contributed by atoms with van der Waals surface area (Å²) in [7, 11) is 0. The van der Waals surface area contributed by atoms with Gasteiger partial charge in [0.05, 0.1) is 10.7 Å². The molecule has 3 heterocycles. The number of rotatable bonds is 4. The third kappa shape index (κ3) is 4.25. The summed E-state index contributed by atoms with van der Waals surface area (Å²) in [6.45, 7) is 3.39. The van der Waals surface area contributed by atoms with E-state index in [0.717, 1.165) is 54.3 Å². The van der Waals surface area contributed by atoms with Gasteiger partial charge in [0.1, 0.15) is 0 Å². The maximum Gasteiger partial charge on any atom is 0.219 e. The van der Waals surface area contributed by atoms with Gasteiger partial charge in [-0.3, -0.25) is 9.78 Å². The van der Waals surface area contributed by atoms with Gasteiger partial charge in [-0.05, 0) is 36.5 Å². The second kappa shape index (κ2) is 8.01. The summed E-state index contributed by atoms with van der Waals surface area (Å²) in [4.78, 5) is 22.6. The summed E-state index contributed by atoms with van der Waals surface area (Å²) in [5.74, 6) is 0.735. The zero-order valence-corrected chi connectivity index (χ0v) is 16.3. The Morgan fingerprint density at radius 1 is 1.15 bits per heavy atom. The number of pyridine rings is 1. The van der Waals surface area contributed by atoms with Crippen LogP contribution in [-0.4, -0.2) is 33.9 Å². The first kappa shape index (κ1) is 17.9. The SMILES string of the molecule is CC(=O)N1CCC(c2ccc(-c3csc(Cc4ccccn4)n3)cc2)CC1. The predicted molar refractivity (Wildman–Crippen MR) is 109 cm³/mol. The first-order valence-corrected chi connectivity index (χ1v) is 10.3. The molecule has 3 aromatic rings. The van der Waals surface area contributed by atoms with E-state index in [1.807, 2.05) is 29.3 Å². The number of thiazole rings is 1. The van der Waals surface area contributed by atoms with Crippen LogP contribution in [0.5, 0.6) is 0 Å². The summed E-state index contributed by atoms with van der Waals surface area (Å²) < 4.78 is 0. The van der Waals surface area contributed by atoms with Crippen LogP contribution in [0.3, 0.4) is 0 Å². The van der Waals surface area contributed by atoms with Crippen molar-refractivity contribution in [1.82, 2.24) is 14.9 Å². The van der Waals surface area contributed by atoms with Crippen molar-refractivity contribution < 1.29 is 4.79 Å². The number of hydrogen-bond donors (Lipinski definition) is 0. The average molecular weight is 378 g/mol. The fourth-order valence-corrected chi connectivity index (χ4v) is 4.45. The summed E-state index contributed by atoms with van der Waals surface area (Å²) in [5, 5.41) is 3.21. The van der Waals surface area contributed by atoms with E-state index in [0.29, 0.717) is 5.92 Å². The first-order valence-electron chi connectivity index (χ1n) is 9.39. The molecule has 1 aromatic carbocycles. The number of likely N-dealkylation sites (tertiary alicyclic amines) is 1. The minimum absolute atomic E-state index is 0.189. The van der Waals surface area contributed by atoms with Crippen molar-refractivity contribution in [3.8, 4) is 11.3 Å². The summed E-state index contributed by atoms with van der Waals surface area (Å²) in [5.41, 5.74) is 4.60. The number of aromatic nitrogens is 2. The van der Waals surface area contributed by atoms with Gasteiger partial charge in [0, 0.05) is 49.3 Å². The highest BCUT2D eigenvalue weighted by Gasteiger charge is 2.21. The summed E-state index contributed by atoms with van der Waals surface area (Å²) in [6, 6.07) is 14.8. The van der Waals surface area contributed by atoms with E-state index in [-0.39, 0.29) is 5.91 Å². The number of carbonyl (C=O) groups is 1. The Bertz CT molecular complexity index is 897. The predicted octanol–water partition coefficient (Wildman–Crippen LogP) is 4.52. The molecule has 1 saturated heterocycles. The zero-order chi connectivity index (χ0) is 18.6. The molecule has 1 aliphatic rings. The van der Waals surface area contributed by atoms with Gasteiger partial charge in [-0.25, -0.2) is 4.98 Å². The quantitative estimate of drug-likeness (QED) is 0.671. The molecule has 1 amide bonds. The Balaban J connectivity index is 1.42. The first-order chi connectivity index (χ1) is 13.2. The van der Waals surface area contributed by atoms with E-state index in [4.69, 9.17) is 4.98 Å². The topological polar surface area (TPSA) is 46.1 Å². The molecule has 5 heteroatoms. The molecule has 0 spiro atoms. The minimum Gasteiger partial charge on any atom is -0.343 e. The Hall–Kier alpha value is -2.53. The third-order valence-corrected chi connectivity index (χ3v) is 6.08. The summed E-state index contributed by atoms with van der Waals surface area (Å²) in [6.07, 6.45) is 4.69. The maximum absolute atomic E-state index is 11.5. The largest absolute Gasteiger partial charge is 0.343 e. The molecule has 27 heavy (non-hydrogen) atoms. The highest BCUT2D eigenvalue weighted by molar-refractivity contribution is 7.10. The molecular formula is C22H23N3OS. The Morgan fingerprint density at radius 3 is 2.59 bits per heavy atom. The van der Waals surface area contributed by atoms with Crippen molar-refractivity contribution in [3.63, 3.8) is 0 Å². The van der Waals surface area contributed by atoms with Crippen molar-refractivity contribution in [2.24, 2.45) is 0 Å². The lowest BCUT2D eigenvalue weighted by atomic mass is 9.89. The molecule has 138 valence electrons. The van der Waals surface area contributed by atoms with Crippen molar-refractivity contribution >= 4 is 17.2 Å². The standard InChI is InChI=1S/C22H23N3OS/c1-16(26)25-12-9-18(10-13-25)17-5-7-19(8-6-17)21-15-27-22(24-21)14-20-4-2-3-11-23-20/h2-8,11,15,18H,9-10,12-14H2,1H3.